The molecule has 1 aromatic heterocycles. The van der Waals surface area contributed by atoms with Crippen LogP contribution in [0.2, 0.25) is 0 Å². The predicted octanol–water partition coefficient (Wildman–Crippen LogP) is 2.26. The number of ether oxygens (including phenoxy) is 1. The van der Waals surface area contributed by atoms with E-state index in [0.717, 1.165) is 23.3 Å². The van der Waals surface area contributed by atoms with Gasteiger partial charge < -0.3 is 19.1 Å². The molecule has 2 amide bonds. The van der Waals surface area contributed by atoms with E-state index in [9.17, 15) is 9.59 Å². The summed E-state index contributed by atoms with van der Waals surface area (Å²) in [4.78, 5) is 29.2. The summed E-state index contributed by atoms with van der Waals surface area (Å²) in [6, 6.07) is 7.47. The van der Waals surface area contributed by atoms with Crippen LogP contribution in [0.15, 0.2) is 36.7 Å². The highest BCUT2D eigenvalue weighted by molar-refractivity contribution is 5.94. The molecule has 0 N–H and O–H groups in total. The molecule has 3 rings (SSSR count). The number of benzene rings is 1. The van der Waals surface area contributed by atoms with Crippen LogP contribution >= 0.6 is 0 Å². The van der Waals surface area contributed by atoms with E-state index in [4.69, 9.17) is 4.74 Å². The summed E-state index contributed by atoms with van der Waals surface area (Å²) in [6.45, 7) is 4.43. The van der Waals surface area contributed by atoms with Gasteiger partial charge in [0.25, 0.3) is 5.91 Å². The maximum atomic E-state index is 12.9. The second-order valence-electron chi connectivity index (χ2n) is 7.07. The number of aryl methyl sites for hydroxylation is 2. The second-order valence-corrected chi connectivity index (χ2v) is 7.07. The Morgan fingerprint density at radius 1 is 1.07 bits per heavy atom. The van der Waals surface area contributed by atoms with E-state index in [1.807, 2.05) is 58.9 Å². The maximum Gasteiger partial charge on any atom is 0.253 e. The molecule has 144 valence electrons. The number of methoxy groups -OCH3 is 1. The van der Waals surface area contributed by atoms with E-state index in [2.05, 4.69) is 0 Å². The Labute approximate surface area is 160 Å². The average molecular weight is 369 g/mol. The molecule has 1 saturated heterocycles. The molecule has 1 aliphatic rings. The van der Waals surface area contributed by atoms with Crippen molar-refractivity contribution in [3.63, 3.8) is 0 Å². The topological polar surface area (TPSA) is 54.8 Å². The zero-order valence-corrected chi connectivity index (χ0v) is 16.3. The first-order chi connectivity index (χ1) is 13.0. The molecular formula is C21H27N3O3. The Hall–Kier alpha value is -2.76. The van der Waals surface area contributed by atoms with Crippen LogP contribution in [0.25, 0.3) is 0 Å². The predicted molar refractivity (Wildman–Crippen MR) is 104 cm³/mol. The standard InChI is InChI=1S/C21H27N3O3/c1-16-13-18(5-6-19(16)27-3)21(26)24-9-4-8-23(11-12-24)20(25)14-17-7-10-22(2)15-17/h5-7,10,13,15H,4,8-9,11-12,14H2,1-3H3. The molecule has 1 aromatic carbocycles. The maximum absolute atomic E-state index is 12.9. The van der Waals surface area contributed by atoms with Crippen molar-refractivity contribution in [2.24, 2.45) is 7.05 Å². The highest BCUT2D eigenvalue weighted by atomic mass is 16.5. The summed E-state index contributed by atoms with van der Waals surface area (Å²) in [5, 5.41) is 0. The summed E-state index contributed by atoms with van der Waals surface area (Å²) in [7, 11) is 3.57. The molecule has 0 bridgehead atoms. The second kappa shape index (κ2) is 8.29. The fraction of sp³-hybridized carbons (Fsp3) is 0.429. The molecule has 27 heavy (non-hydrogen) atoms. The zero-order valence-electron chi connectivity index (χ0n) is 16.3. The highest BCUT2D eigenvalue weighted by Crippen LogP contribution is 2.20. The summed E-state index contributed by atoms with van der Waals surface area (Å²) in [5.74, 6) is 0.911. The van der Waals surface area contributed by atoms with Gasteiger partial charge in [-0.15, -0.1) is 0 Å². The molecule has 2 aromatic rings. The lowest BCUT2D eigenvalue weighted by Crippen LogP contribution is -2.38. The third-order valence-corrected chi connectivity index (χ3v) is 5.03. The van der Waals surface area contributed by atoms with Crippen molar-refractivity contribution in [1.82, 2.24) is 14.4 Å². The number of hydrogen-bond acceptors (Lipinski definition) is 3. The van der Waals surface area contributed by atoms with Gasteiger partial charge in [-0.2, -0.15) is 0 Å². The molecule has 1 fully saturated rings. The van der Waals surface area contributed by atoms with E-state index in [-0.39, 0.29) is 11.8 Å². The van der Waals surface area contributed by atoms with Crippen molar-refractivity contribution >= 4 is 11.8 Å². The Kier molecular flexibility index (Phi) is 5.84. The quantitative estimate of drug-likeness (QED) is 0.831. The molecule has 0 aliphatic carbocycles. The molecule has 0 spiro atoms. The molecule has 6 heteroatoms. The van der Waals surface area contributed by atoms with Gasteiger partial charge in [0.05, 0.1) is 13.5 Å². The Morgan fingerprint density at radius 2 is 1.81 bits per heavy atom. The molecule has 0 radical (unpaired) electrons. The lowest BCUT2D eigenvalue weighted by Gasteiger charge is -2.22. The minimum absolute atomic E-state index is 0.0121. The van der Waals surface area contributed by atoms with E-state index in [1.165, 1.54) is 0 Å². The fourth-order valence-electron chi connectivity index (χ4n) is 3.52. The van der Waals surface area contributed by atoms with Crippen LogP contribution in [0, 0.1) is 6.92 Å². The summed E-state index contributed by atoms with van der Waals surface area (Å²) in [5.41, 5.74) is 2.63. The van der Waals surface area contributed by atoms with Gasteiger partial charge in [-0.3, -0.25) is 9.59 Å². The van der Waals surface area contributed by atoms with Crippen LogP contribution in [0.1, 0.15) is 27.9 Å². The van der Waals surface area contributed by atoms with Crippen LogP contribution in [0.4, 0.5) is 0 Å². The molecule has 1 aliphatic heterocycles. The Balaban J connectivity index is 1.61. The van der Waals surface area contributed by atoms with E-state index in [0.29, 0.717) is 38.2 Å². The SMILES string of the molecule is COc1ccc(C(=O)N2CCCN(C(=O)Cc3ccn(C)c3)CC2)cc1C. The van der Waals surface area contributed by atoms with Crippen LogP contribution in [-0.4, -0.2) is 59.5 Å². The van der Waals surface area contributed by atoms with Crippen molar-refractivity contribution in [2.45, 2.75) is 19.8 Å². The lowest BCUT2D eigenvalue weighted by atomic mass is 10.1. The Bertz CT molecular complexity index is 828. The number of hydrogen-bond donors (Lipinski definition) is 0. The first-order valence-corrected chi connectivity index (χ1v) is 9.30. The first kappa shape index (κ1) is 19.0. The fourth-order valence-corrected chi connectivity index (χ4v) is 3.52. The van der Waals surface area contributed by atoms with Crippen molar-refractivity contribution in [2.75, 3.05) is 33.3 Å². The van der Waals surface area contributed by atoms with Crippen LogP contribution in [0.3, 0.4) is 0 Å². The third kappa shape index (κ3) is 4.51. The van der Waals surface area contributed by atoms with Crippen molar-refractivity contribution in [3.8, 4) is 5.75 Å². The molecule has 2 heterocycles. The first-order valence-electron chi connectivity index (χ1n) is 9.30. The van der Waals surface area contributed by atoms with Gasteiger partial charge in [0, 0.05) is 51.2 Å². The van der Waals surface area contributed by atoms with E-state index >= 15 is 0 Å². The van der Waals surface area contributed by atoms with Gasteiger partial charge in [-0.05, 0) is 48.7 Å². The zero-order chi connectivity index (χ0) is 19.4. The smallest absolute Gasteiger partial charge is 0.253 e. The van der Waals surface area contributed by atoms with Crippen molar-refractivity contribution in [3.05, 3.63) is 53.3 Å². The number of amides is 2. The molecule has 0 unspecified atom stereocenters. The number of carbonyl (C=O) groups excluding carboxylic acids is 2. The minimum atomic E-state index is 0.0121. The summed E-state index contributed by atoms with van der Waals surface area (Å²) >= 11 is 0. The number of carbonyl (C=O) groups is 2. The number of nitrogens with zero attached hydrogens (tertiary/aromatic N) is 3. The van der Waals surface area contributed by atoms with Crippen molar-refractivity contribution < 1.29 is 14.3 Å². The highest BCUT2D eigenvalue weighted by Gasteiger charge is 2.23. The monoisotopic (exact) mass is 369 g/mol. The van der Waals surface area contributed by atoms with Gasteiger partial charge in [0.15, 0.2) is 0 Å². The van der Waals surface area contributed by atoms with Gasteiger partial charge in [0.1, 0.15) is 5.75 Å². The van der Waals surface area contributed by atoms with Gasteiger partial charge >= 0.3 is 0 Å². The molecule has 0 atom stereocenters. The normalized spacial score (nSPS) is 14.8. The largest absolute Gasteiger partial charge is 0.496 e. The Morgan fingerprint density at radius 3 is 2.48 bits per heavy atom. The minimum Gasteiger partial charge on any atom is -0.496 e. The van der Waals surface area contributed by atoms with E-state index < -0.39 is 0 Å². The lowest BCUT2D eigenvalue weighted by molar-refractivity contribution is -0.130. The van der Waals surface area contributed by atoms with Gasteiger partial charge in [-0.1, -0.05) is 0 Å². The summed E-state index contributed by atoms with van der Waals surface area (Å²) < 4.78 is 7.21. The third-order valence-electron chi connectivity index (χ3n) is 5.03. The molecule has 6 nitrogen and oxygen atoms in total. The summed E-state index contributed by atoms with van der Waals surface area (Å²) in [6.07, 6.45) is 5.12. The van der Waals surface area contributed by atoms with Gasteiger partial charge in [0.2, 0.25) is 5.91 Å². The van der Waals surface area contributed by atoms with Crippen molar-refractivity contribution in [1.29, 1.82) is 0 Å². The van der Waals surface area contributed by atoms with E-state index in [1.54, 1.807) is 13.2 Å². The van der Waals surface area contributed by atoms with Crippen LogP contribution in [0.5, 0.6) is 5.75 Å². The van der Waals surface area contributed by atoms with Crippen LogP contribution < -0.4 is 4.74 Å². The average Bonchev–Trinajstić information content (AvgIpc) is 2.92. The van der Waals surface area contributed by atoms with Gasteiger partial charge in [-0.25, -0.2) is 0 Å². The molecular weight excluding hydrogens is 342 g/mol. The number of rotatable bonds is 4. The molecule has 0 saturated carbocycles. The number of aromatic nitrogens is 1. The van der Waals surface area contributed by atoms with Crippen LogP contribution in [-0.2, 0) is 18.3 Å².